The van der Waals surface area contributed by atoms with E-state index in [1.54, 1.807) is 0 Å². The summed E-state index contributed by atoms with van der Waals surface area (Å²) in [5, 5.41) is 9.61. The van der Waals surface area contributed by atoms with Gasteiger partial charge in [0, 0.05) is 0 Å². The van der Waals surface area contributed by atoms with Gasteiger partial charge in [0.25, 0.3) is 0 Å². The Morgan fingerprint density at radius 3 is 2.50 bits per heavy atom. The van der Waals surface area contributed by atoms with Gasteiger partial charge in [-0.3, -0.25) is 0 Å². The quantitative estimate of drug-likeness (QED) is 0.747. The fourth-order valence-electron chi connectivity index (χ4n) is 2.78. The maximum atomic E-state index is 9.61. The molecule has 0 N–H and O–H groups in total. The molecule has 0 aliphatic heterocycles. The Bertz CT molecular complexity index is 461. The molecule has 1 aromatic carbocycles. The van der Waals surface area contributed by atoms with E-state index in [2.05, 4.69) is 51.1 Å². The molecule has 0 amide bonds. The summed E-state index contributed by atoms with van der Waals surface area (Å²) in [4.78, 5) is 0. The second kappa shape index (κ2) is 4.76. The molecular weight excluding hydrogens is 218 g/mol. The van der Waals surface area contributed by atoms with Crippen LogP contribution in [0, 0.1) is 22.2 Å². The van der Waals surface area contributed by atoms with Crippen molar-refractivity contribution in [3.8, 4) is 6.07 Å². The van der Waals surface area contributed by atoms with Crippen LogP contribution in [-0.4, -0.2) is 0 Å². The molecule has 96 valence electrons. The fourth-order valence-corrected chi connectivity index (χ4v) is 2.78. The molecule has 0 fully saturated rings. The van der Waals surface area contributed by atoms with Gasteiger partial charge in [0.1, 0.15) is 0 Å². The lowest BCUT2D eigenvalue weighted by molar-refractivity contribution is 0.249. The minimum atomic E-state index is -0.123. The van der Waals surface area contributed by atoms with Gasteiger partial charge in [0.15, 0.2) is 0 Å². The molecule has 0 saturated heterocycles. The molecule has 0 saturated carbocycles. The Labute approximate surface area is 111 Å². The van der Waals surface area contributed by atoms with E-state index in [1.807, 2.05) is 0 Å². The molecular formula is C17H23N. The van der Waals surface area contributed by atoms with Crippen LogP contribution in [0.2, 0.25) is 0 Å². The molecule has 2 rings (SSSR count). The van der Waals surface area contributed by atoms with Gasteiger partial charge in [-0.1, -0.05) is 45.0 Å². The molecule has 1 aliphatic carbocycles. The highest BCUT2D eigenvalue weighted by Crippen LogP contribution is 2.41. The van der Waals surface area contributed by atoms with Gasteiger partial charge < -0.3 is 0 Å². The zero-order valence-electron chi connectivity index (χ0n) is 11.8. The summed E-state index contributed by atoms with van der Waals surface area (Å²) in [6.45, 7) is 6.78. The number of aryl methyl sites for hydroxylation is 1. The number of hydrogen-bond donors (Lipinski definition) is 0. The summed E-state index contributed by atoms with van der Waals surface area (Å²) in [7, 11) is 0. The summed E-state index contributed by atoms with van der Waals surface area (Å²) in [5.74, 6) is 0. The molecule has 0 aromatic heterocycles. The van der Waals surface area contributed by atoms with Crippen LogP contribution >= 0.6 is 0 Å². The normalized spacial score (nSPS) is 23.2. The van der Waals surface area contributed by atoms with Gasteiger partial charge in [-0.25, -0.2) is 0 Å². The van der Waals surface area contributed by atoms with E-state index in [0.29, 0.717) is 5.41 Å². The number of hydrogen-bond acceptors (Lipinski definition) is 1. The first-order chi connectivity index (χ1) is 8.44. The zero-order valence-corrected chi connectivity index (χ0v) is 11.8. The van der Waals surface area contributed by atoms with Crippen molar-refractivity contribution in [2.75, 3.05) is 0 Å². The van der Waals surface area contributed by atoms with Crippen molar-refractivity contribution in [3.05, 3.63) is 35.4 Å². The van der Waals surface area contributed by atoms with Gasteiger partial charge in [0.2, 0.25) is 0 Å². The van der Waals surface area contributed by atoms with Crippen molar-refractivity contribution >= 4 is 0 Å². The van der Waals surface area contributed by atoms with Crippen LogP contribution in [0.1, 0.15) is 51.2 Å². The summed E-state index contributed by atoms with van der Waals surface area (Å²) < 4.78 is 0. The van der Waals surface area contributed by atoms with Crippen molar-refractivity contribution in [2.45, 2.75) is 52.9 Å². The average Bonchev–Trinajstić information content (AvgIpc) is 2.35. The Morgan fingerprint density at radius 1 is 1.22 bits per heavy atom. The highest BCUT2D eigenvalue weighted by molar-refractivity contribution is 5.32. The first-order valence-electron chi connectivity index (χ1n) is 6.92. The lowest BCUT2D eigenvalue weighted by Crippen LogP contribution is -2.28. The molecule has 1 aliphatic rings. The SMILES string of the molecule is CC(C)(C)CCC1(C#N)CCc2ccccc2C1. The zero-order chi connectivity index (χ0) is 13.2. The molecule has 18 heavy (non-hydrogen) atoms. The van der Waals surface area contributed by atoms with Crippen LogP contribution < -0.4 is 0 Å². The third-order valence-electron chi connectivity index (χ3n) is 4.11. The lowest BCUT2D eigenvalue weighted by atomic mass is 9.68. The first kappa shape index (κ1) is 13.1. The summed E-state index contributed by atoms with van der Waals surface area (Å²) in [6.07, 6.45) is 5.18. The molecule has 0 heterocycles. The largest absolute Gasteiger partial charge is 0.198 e. The standard InChI is InChI=1S/C17H23N/c1-16(2,3)10-11-17(13-18)9-8-14-6-4-5-7-15(14)12-17/h4-7H,8-12H2,1-3H3. The van der Waals surface area contributed by atoms with E-state index >= 15 is 0 Å². The minimum absolute atomic E-state index is 0.123. The maximum absolute atomic E-state index is 9.61. The predicted octanol–water partition coefficient (Wildman–Crippen LogP) is 4.51. The van der Waals surface area contributed by atoms with Gasteiger partial charge in [0.05, 0.1) is 11.5 Å². The summed E-state index contributed by atoms with van der Waals surface area (Å²) in [6, 6.07) is 11.2. The summed E-state index contributed by atoms with van der Waals surface area (Å²) >= 11 is 0. The first-order valence-corrected chi connectivity index (χ1v) is 6.92. The highest BCUT2D eigenvalue weighted by Gasteiger charge is 2.35. The number of nitrogens with zero attached hydrogens (tertiary/aromatic N) is 1. The van der Waals surface area contributed by atoms with Crippen LogP contribution in [0.3, 0.4) is 0 Å². The van der Waals surface area contributed by atoms with Crippen molar-refractivity contribution in [1.82, 2.24) is 0 Å². The number of fused-ring (bicyclic) bond motifs is 1. The fraction of sp³-hybridized carbons (Fsp3) is 0.588. The van der Waals surface area contributed by atoms with Crippen molar-refractivity contribution in [1.29, 1.82) is 5.26 Å². The van der Waals surface area contributed by atoms with Crippen LogP contribution in [0.15, 0.2) is 24.3 Å². The monoisotopic (exact) mass is 241 g/mol. The molecule has 0 spiro atoms. The molecule has 1 aromatic rings. The molecule has 1 unspecified atom stereocenters. The third kappa shape index (κ3) is 2.93. The highest BCUT2D eigenvalue weighted by atomic mass is 14.4. The molecule has 1 atom stereocenters. The molecule has 0 radical (unpaired) electrons. The van der Waals surface area contributed by atoms with Crippen molar-refractivity contribution in [3.63, 3.8) is 0 Å². The van der Waals surface area contributed by atoms with Gasteiger partial charge in [-0.05, 0) is 48.6 Å². The second-order valence-corrected chi connectivity index (χ2v) is 6.90. The lowest BCUT2D eigenvalue weighted by Gasteiger charge is -2.34. The predicted molar refractivity (Wildman–Crippen MR) is 75.2 cm³/mol. The van der Waals surface area contributed by atoms with E-state index in [-0.39, 0.29) is 5.41 Å². The van der Waals surface area contributed by atoms with Gasteiger partial charge >= 0.3 is 0 Å². The van der Waals surface area contributed by atoms with E-state index in [9.17, 15) is 5.26 Å². The van der Waals surface area contributed by atoms with Crippen molar-refractivity contribution < 1.29 is 0 Å². The Morgan fingerprint density at radius 2 is 1.89 bits per heavy atom. The van der Waals surface area contributed by atoms with E-state index in [0.717, 1.165) is 32.1 Å². The van der Waals surface area contributed by atoms with Crippen molar-refractivity contribution in [2.24, 2.45) is 10.8 Å². The van der Waals surface area contributed by atoms with Crippen LogP contribution in [0.25, 0.3) is 0 Å². The van der Waals surface area contributed by atoms with E-state index in [1.165, 1.54) is 11.1 Å². The number of benzene rings is 1. The van der Waals surface area contributed by atoms with Crippen LogP contribution in [0.4, 0.5) is 0 Å². The molecule has 1 nitrogen and oxygen atoms in total. The Hall–Kier alpha value is -1.29. The smallest absolute Gasteiger partial charge is 0.0693 e. The number of rotatable bonds is 2. The summed E-state index contributed by atoms with van der Waals surface area (Å²) in [5.41, 5.74) is 3.03. The Balaban J connectivity index is 2.15. The van der Waals surface area contributed by atoms with Gasteiger partial charge in [-0.2, -0.15) is 5.26 Å². The maximum Gasteiger partial charge on any atom is 0.0693 e. The minimum Gasteiger partial charge on any atom is -0.198 e. The van der Waals surface area contributed by atoms with Crippen LogP contribution in [0.5, 0.6) is 0 Å². The third-order valence-corrected chi connectivity index (χ3v) is 4.11. The van der Waals surface area contributed by atoms with E-state index < -0.39 is 0 Å². The molecule has 1 heteroatoms. The van der Waals surface area contributed by atoms with E-state index in [4.69, 9.17) is 0 Å². The number of nitriles is 1. The van der Waals surface area contributed by atoms with Crippen LogP contribution in [-0.2, 0) is 12.8 Å². The molecule has 0 bridgehead atoms. The average molecular weight is 241 g/mol. The topological polar surface area (TPSA) is 23.8 Å². The Kier molecular flexibility index (Phi) is 3.48. The second-order valence-electron chi connectivity index (χ2n) is 6.90. The van der Waals surface area contributed by atoms with Gasteiger partial charge in [-0.15, -0.1) is 0 Å².